The molecule has 8 heteroatoms. The minimum absolute atomic E-state index is 0.335. The van der Waals surface area contributed by atoms with Crippen molar-refractivity contribution < 1.29 is 14.2 Å². The zero-order chi connectivity index (χ0) is 23.7. The lowest BCUT2D eigenvalue weighted by Crippen LogP contribution is -2.12. The van der Waals surface area contributed by atoms with Crippen molar-refractivity contribution in [2.24, 2.45) is 7.05 Å². The Morgan fingerprint density at radius 1 is 1.21 bits per heavy atom. The molecule has 0 aliphatic carbocycles. The maximum atomic E-state index is 14.1. The molecule has 0 unspecified atom stereocenters. The van der Waals surface area contributed by atoms with E-state index >= 15 is 0 Å². The highest BCUT2D eigenvalue weighted by molar-refractivity contribution is 5.71. The number of nitrogens with zero attached hydrogens (tertiary/aromatic N) is 5. The molecule has 0 saturated carbocycles. The summed E-state index contributed by atoms with van der Waals surface area (Å²) in [7, 11) is 5.89. The summed E-state index contributed by atoms with van der Waals surface area (Å²) in [5.74, 6) is 0.122. The van der Waals surface area contributed by atoms with E-state index in [4.69, 9.17) is 4.74 Å². The average molecular weight is 452 g/mol. The molecule has 7 nitrogen and oxygen atoms in total. The number of rotatable bonds is 8. The van der Waals surface area contributed by atoms with Crippen molar-refractivity contribution in [3.63, 3.8) is 0 Å². The zero-order valence-electron chi connectivity index (χ0n) is 19.7. The molecule has 33 heavy (non-hydrogen) atoms. The first-order chi connectivity index (χ1) is 15.7. The molecule has 3 heterocycles. The number of aryl methyl sites for hydroxylation is 1. The molecule has 0 radical (unpaired) electrons. The number of aliphatic hydroxyl groups excluding tert-OH is 1. The lowest BCUT2D eigenvalue weighted by molar-refractivity contribution is 0.192. The van der Waals surface area contributed by atoms with Gasteiger partial charge in [-0.3, -0.25) is 4.68 Å². The molecule has 0 bridgehead atoms. The first kappa shape index (κ1) is 22.9. The molecule has 0 amide bonds. The van der Waals surface area contributed by atoms with Crippen LogP contribution >= 0.6 is 0 Å². The Morgan fingerprint density at radius 2 is 2.00 bits per heavy atom. The zero-order valence-corrected chi connectivity index (χ0v) is 19.7. The Labute approximate surface area is 193 Å². The second-order valence-electron chi connectivity index (χ2n) is 8.62. The van der Waals surface area contributed by atoms with Crippen LogP contribution < -0.4 is 4.74 Å². The Hall–Kier alpha value is -3.23. The average Bonchev–Trinajstić information content (AvgIpc) is 3.29. The summed E-state index contributed by atoms with van der Waals surface area (Å²) in [6.45, 7) is 4.76. The normalized spacial score (nSPS) is 12.6. The minimum Gasteiger partial charge on any atom is -0.492 e. The fourth-order valence-electron chi connectivity index (χ4n) is 4.07. The van der Waals surface area contributed by atoms with Gasteiger partial charge in [0.15, 0.2) is 0 Å². The fourth-order valence-corrected chi connectivity index (χ4v) is 4.07. The van der Waals surface area contributed by atoms with Crippen LogP contribution in [0.25, 0.3) is 16.8 Å². The van der Waals surface area contributed by atoms with E-state index in [0.717, 1.165) is 40.3 Å². The van der Waals surface area contributed by atoms with Crippen LogP contribution in [-0.4, -0.2) is 49.9 Å². The number of hydrogen-bond acceptors (Lipinski definition) is 5. The molecule has 0 aliphatic heterocycles. The van der Waals surface area contributed by atoms with E-state index in [9.17, 15) is 9.50 Å². The standard InChI is InChI=1S/C25H30FN5O2/c1-16-21(25(17(2)32)28-30(16)5)10-11-33-23-12-19(26)7-8-22(23)18-6-9-24-27-13-20(15-29(3)4)31(24)14-18/h6-9,12-14,17,32H,10-11,15H2,1-5H3/t17-/m1/s1. The predicted octanol–water partition coefficient (Wildman–Crippen LogP) is 3.92. The molecular weight excluding hydrogens is 421 g/mol. The Morgan fingerprint density at radius 3 is 2.73 bits per heavy atom. The van der Waals surface area contributed by atoms with E-state index in [1.807, 2.05) is 52.6 Å². The summed E-state index contributed by atoms with van der Waals surface area (Å²) in [4.78, 5) is 6.56. The van der Waals surface area contributed by atoms with Gasteiger partial charge in [-0.25, -0.2) is 9.37 Å². The highest BCUT2D eigenvalue weighted by Crippen LogP contribution is 2.32. The molecule has 1 atom stereocenters. The number of aliphatic hydroxyl groups is 1. The quantitative estimate of drug-likeness (QED) is 0.440. The van der Waals surface area contributed by atoms with Crippen LogP contribution in [0.15, 0.2) is 42.7 Å². The molecule has 174 valence electrons. The van der Waals surface area contributed by atoms with E-state index in [2.05, 4.69) is 19.4 Å². The monoisotopic (exact) mass is 451 g/mol. The number of hydrogen-bond donors (Lipinski definition) is 1. The van der Waals surface area contributed by atoms with Crippen LogP contribution in [0.3, 0.4) is 0 Å². The predicted molar refractivity (Wildman–Crippen MR) is 126 cm³/mol. The first-order valence-electron chi connectivity index (χ1n) is 11.0. The van der Waals surface area contributed by atoms with Gasteiger partial charge in [-0.15, -0.1) is 0 Å². The molecule has 3 aromatic heterocycles. The van der Waals surface area contributed by atoms with Crippen molar-refractivity contribution in [3.05, 3.63) is 71.2 Å². The Balaban J connectivity index is 1.61. The number of ether oxygens (including phenoxy) is 1. The van der Waals surface area contributed by atoms with Crippen molar-refractivity contribution in [3.8, 4) is 16.9 Å². The number of aromatic nitrogens is 4. The summed E-state index contributed by atoms with van der Waals surface area (Å²) in [5.41, 5.74) is 6.24. The third-order valence-electron chi connectivity index (χ3n) is 5.81. The van der Waals surface area contributed by atoms with Crippen molar-refractivity contribution in [1.82, 2.24) is 24.1 Å². The highest BCUT2D eigenvalue weighted by atomic mass is 19.1. The first-order valence-corrected chi connectivity index (χ1v) is 11.0. The topological polar surface area (TPSA) is 67.8 Å². The highest BCUT2D eigenvalue weighted by Gasteiger charge is 2.17. The number of imidazole rings is 1. The second kappa shape index (κ2) is 9.33. The van der Waals surface area contributed by atoms with E-state index in [1.54, 1.807) is 17.7 Å². The van der Waals surface area contributed by atoms with Gasteiger partial charge in [0.25, 0.3) is 0 Å². The minimum atomic E-state index is -0.664. The smallest absolute Gasteiger partial charge is 0.136 e. The van der Waals surface area contributed by atoms with E-state index in [1.165, 1.54) is 12.1 Å². The largest absolute Gasteiger partial charge is 0.492 e. The summed E-state index contributed by atoms with van der Waals surface area (Å²) in [5, 5.41) is 14.5. The van der Waals surface area contributed by atoms with Gasteiger partial charge in [0.2, 0.25) is 0 Å². The maximum absolute atomic E-state index is 14.1. The fraction of sp³-hybridized carbons (Fsp3) is 0.360. The molecule has 1 N–H and O–H groups in total. The van der Waals surface area contributed by atoms with Gasteiger partial charge >= 0.3 is 0 Å². The van der Waals surface area contributed by atoms with Gasteiger partial charge in [-0.05, 0) is 52.2 Å². The third kappa shape index (κ3) is 4.77. The van der Waals surface area contributed by atoms with Gasteiger partial charge < -0.3 is 19.1 Å². The second-order valence-corrected chi connectivity index (χ2v) is 8.62. The number of halogens is 1. The van der Waals surface area contributed by atoms with Gasteiger partial charge in [-0.1, -0.05) is 0 Å². The van der Waals surface area contributed by atoms with Crippen molar-refractivity contribution >= 4 is 5.65 Å². The van der Waals surface area contributed by atoms with Crippen molar-refractivity contribution in [1.29, 1.82) is 0 Å². The Kier molecular flexibility index (Phi) is 6.49. The Bertz CT molecular complexity index is 1280. The van der Waals surface area contributed by atoms with Gasteiger partial charge in [0.05, 0.1) is 30.3 Å². The molecule has 0 saturated heterocycles. The van der Waals surface area contributed by atoms with Crippen LogP contribution in [0.5, 0.6) is 5.75 Å². The van der Waals surface area contributed by atoms with Crippen LogP contribution in [-0.2, 0) is 20.0 Å². The van der Waals surface area contributed by atoms with E-state index in [-0.39, 0.29) is 5.82 Å². The van der Waals surface area contributed by atoms with Crippen LogP contribution in [0.2, 0.25) is 0 Å². The molecule has 4 rings (SSSR count). The van der Waals surface area contributed by atoms with E-state index < -0.39 is 6.10 Å². The van der Waals surface area contributed by atoms with Gasteiger partial charge in [0.1, 0.15) is 17.2 Å². The van der Waals surface area contributed by atoms with Crippen LogP contribution in [0.1, 0.15) is 35.7 Å². The van der Waals surface area contributed by atoms with Crippen molar-refractivity contribution in [2.75, 3.05) is 20.7 Å². The number of benzene rings is 1. The number of pyridine rings is 1. The molecule has 0 spiro atoms. The molecule has 1 aromatic carbocycles. The molecule has 4 aromatic rings. The van der Waals surface area contributed by atoms with Crippen LogP contribution in [0.4, 0.5) is 4.39 Å². The lowest BCUT2D eigenvalue weighted by Gasteiger charge is -2.14. The summed E-state index contributed by atoms with van der Waals surface area (Å²) < 4.78 is 24.0. The van der Waals surface area contributed by atoms with Gasteiger partial charge in [0, 0.05) is 54.7 Å². The SMILES string of the molecule is Cc1c(CCOc2cc(F)ccc2-c2ccc3ncc(CN(C)C)n3c2)c([C@@H](C)O)nn1C. The van der Waals surface area contributed by atoms with Crippen molar-refractivity contribution in [2.45, 2.75) is 32.9 Å². The maximum Gasteiger partial charge on any atom is 0.136 e. The van der Waals surface area contributed by atoms with Gasteiger partial charge in [-0.2, -0.15) is 5.10 Å². The third-order valence-corrected chi connectivity index (χ3v) is 5.81. The molecule has 0 aliphatic rings. The van der Waals surface area contributed by atoms with Crippen LogP contribution in [0, 0.1) is 12.7 Å². The summed E-state index contributed by atoms with van der Waals surface area (Å²) in [6, 6.07) is 8.52. The van der Waals surface area contributed by atoms with E-state index in [0.29, 0.717) is 24.5 Å². The molecule has 0 fully saturated rings. The lowest BCUT2D eigenvalue weighted by atomic mass is 10.1. The number of fused-ring (bicyclic) bond motifs is 1. The molecular formula is C25H30FN5O2. The summed E-state index contributed by atoms with van der Waals surface area (Å²) in [6.07, 6.45) is 3.78. The summed E-state index contributed by atoms with van der Waals surface area (Å²) >= 11 is 0.